The number of anilines is 3. The molecule has 8 aliphatic rings. The van der Waals surface area contributed by atoms with E-state index in [0.29, 0.717) is 30.5 Å². The highest BCUT2D eigenvalue weighted by atomic mass is 16.6. The summed E-state index contributed by atoms with van der Waals surface area (Å²) in [5, 5.41) is 17.1. The Hall–Kier alpha value is -11.2. The number of nitrogens with one attached hydrogen (secondary N) is 2. The number of Topliss-reactive ketones (excluding diaryl/α,β-unsaturated/α-hetero) is 3. The number of aliphatic hydroxyl groups is 1. The number of ketones is 3. The van der Waals surface area contributed by atoms with Gasteiger partial charge in [0.2, 0.25) is 0 Å². The molecule has 12 rings (SSSR count). The Morgan fingerprint density at radius 2 is 0.711 bits per heavy atom. The van der Waals surface area contributed by atoms with Crippen LogP contribution < -0.4 is 15.5 Å². The number of benzene rings is 4. The van der Waals surface area contributed by atoms with Crippen LogP contribution in [0.2, 0.25) is 0 Å². The van der Waals surface area contributed by atoms with Gasteiger partial charge < -0.3 is 58.5 Å². The molecule has 4 aliphatic carbocycles. The van der Waals surface area contributed by atoms with Gasteiger partial charge in [-0.05, 0) is 220 Å². The maximum atomic E-state index is 14.0. The summed E-state index contributed by atoms with van der Waals surface area (Å²) in [6, 6.07) is 35.4. The maximum absolute atomic E-state index is 14.0. The van der Waals surface area contributed by atoms with E-state index < -0.39 is 94.3 Å². The Morgan fingerprint density at radius 3 is 1.05 bits per heavy atom. The van der Waals surface area contributed by atoms with E-state index in [1.54, 1.807) is 48.4 Å². The molecule has 4 aromatic rings. The lowest BCUT2D eigenvalue weighted by molar-refractivity contribution is -0.157. The Balaban J connectivity index is 0.000000195. The number of hydrogen-bond donors (Lipinski definition) is 3. The molecule has 23 heteroatoms. The highest BCUT2D eigenvalue weighted by molar-refractivity contribution is 6.08. The highest BCUT2D eigenvalue weighted by Crippen LogP contribution is 2.54. The minimum Gasteiger partial charge on any atom is -0.460 e. The van der Waals surface area contributed by atoms with E-state index in [-0.39, 0.29) is 123 Å². The number of carbonyl (C=O) groups excluding carboxylic acids is 11. The maximum Gasteiger partial charge on any atom is 0.307 e. The van der Waals surface area contributed by atoms with Crippen molar-refractivity contribution >= 4 is 82.1 Å². The molecule has 4 saturated heterocycles. The van der Waals surface area contributed by atoms with Crippen molar-refractivity contribution < 1.29 is 95.7 Å². The molecule has 128 heavy (non-hydrogen) atoms. The van der Waals surface area contributed by atoms with Gasteiger partial charge in [0.25, 0.3) is 5.91 Å². The zero-order valence-corrected chi connectivity index (χ0v) is 77.6. The van der Waals surface area contributed by atoms with Gasteiger partial charge in [-0.3, -0.25) is 52.7 Å². The van der Waals surface area contributed by atoms with Crippen molar-refractivity contribution in [2.24, 2.45) is 21.7 Å². The second kappa shape index (κ2) is 46.2. The fourth-order valence-electron chi connectivity index (χ4n) is 18.7. The fourth-order valence-corrected chi connectivity index (χ4v) is 18.7. The van der Waals surface area contributed by atoms with Crippen molar-refractivity contribution in [2.45, 2.75) is 305 Å². The molecule has 688 valence electrons. The van der Waals surface area contributed by atoms with Gasteiger partial charge in [0.15, 0.2) is 0 Å². The van der Waals surface area contributed by atoms with Crippen LogP contribution in [0.1, 0.15) is 243 Å². The van der Waals surface area contributed by atoms with Crippen molar-refractivity contribution in [1.29, 1.82) is 0 Å². The zero-order valence-electron chi connectivity index (χ0n) is 77.6. The van der Waals surface area contributed by atoms with Crippen LogP contribution >= 0.6 is 0 Å². The molecule has 23 nitrogen and oxygen atoms in total. The molecule has 4 spiro atoms. The number of nitrogens with zero attached hydrogens (tertiary/aromatic N) is 1. The van der Waals surface area contributed by atoms with E-state index in [4.69, 9.17) is 37.9 Å². The van der Waals surface area contributed by atoms with Gasteiger partial charge in [0, 0.05) is 94.4 Å². The number of hydrogen-bond acceptors (Lipinski definition) is 22. The van der Waals surface area contributed by atoms with Crippen molar-refractivity contribution in [3.63, 3.8) is 0 Å². The standard InChI is InChI=1S/C33H37NO6.2C26H33NO5.C20H30O4/c1-22(2)12-11-13-23(3)18-30-33(21-31(37)40-30)20-28(39-24(4)35)27(19-29(33)36)34(26-16-9-6-10-17-26)32(38)25-14-7-5-8-15-25;2*1-17(2)9-8-10-18(3)13-24-26(16-25(30)32-24)15-22(31-19(4)28)21(14-23(26)29)27-20-11-6-5-7-12-20;1-13(2)7-6-8-14(3)9-18-20(12-19(22)24-18)11-16(21)17(23-5)10-15(20)4/h5-10,12,14-18,27-28,30H,11,13,19-21H2,1-4H3;2*5-7,9,11-13,21-22,24,27H,8,10,14-16H2,1-4H3;7,9,16-18,21H,4,6,8,10-12H2,1-3,5H3/b23-18+;2*18-13+;14-9+/t27-,28+,30-,33?;21-,22+,24-,26?;21-,22-,24+,26?;16-,17+,18+,20?/m1100/s1. The lowest BCUT2D eigenvalue weighted by atomic mass is 9.64. The Bertz CT molecular complexity index is 4740. The summed E-state index contributed by atoms with van der Waals surface area (Å²) in [5.41, 5.74) is 9.44. The predicted molar refractivity (Wildman–Crippen MR) is 493 cm³/mol. The Labute approximate surface area is 755 Å². The molecule has 4 heterocycles. The fraction of sp³-hybridized carbons (Fsp3) is 0.495. The van der Waals surface area contributed by atoms with Gasteiger partial charge in [-0.1, -0.05) is 154 Å². The van der Waals surface area contributed by atoms with Gasteiger partial charge in [-0.2, -0.15) is 0 Å². The molecule has 3 N–H and O–H groups in total. The molecule has 4 aromatic carbocycles. The number of ether oxygens (including phenoxy) is 8. The molecule has 0 aromatic heterocycles. The normalized spacial score (nSPS) is 27.8. The van der Waals surface area contributed by atoms with Crippen LogP contribution in [0.3, 0.4) is 0 Å². The number of methoxy groups -OCH3 is 1. The number of cyclic esters (lactones) is 4. The van der Waals surface area contributed by atoms with E-state index in [1.165, 1.54) is 48.6 Å². The minimum atomic E-state index is -1.16. The summed E-state index contributed by atoms with van der Waals surface area (Å²) in [6.45, 7) is 32.8. The molecule has 4 saturated carbocycles. The summed E-state index contributed by atoms with van der Waals surface area (Å²) >= 11 is 0. The van der Waals surface area contributed by atoms with Crippen LogP contribution in [0.5, 0.6) is 0 Å². The quantitative estimate of drug-likeness (QED) is 0.0284. The van der Waals surface area contributed by atoms with E-state index in [2.05, 4.69) is 96.1 Å². The smallest absolute Gasteiger partial charge is 0.307 e. The summed E-state index contributed by atoms with van der Waals surface area (Å²) < 4.78 is 45.0. The Morgan fingerprint density at radius 1 is 0.406 bits per heavy atom. The third-order valence-electron chi connectivity index (χ3n) is 25.3. The molecular weight excluding hydrogens is 1620 g/mol. The molecule has 4 unspecified atom stereocenters. The second-order valence-corrected chi connectivity index (χ2v) is 36.8. The van der Waals surface area contributed by atoms with Crippen LogP contribution in [0.15, 0.2) is 227 Å². The molecule has 16 atom stereocenters. The average molecular weight is 1760 g/mol. The summed E-state index contributed by atoms with van der Waals surface area (Å²) in [7, 11) is 1.60. The van der Waals surface area contributed by atoms with Crippen molar-refractivity contribution in [2.75, 3.05) is 22.6 Å². The van der Waals surface area contributed by atoms with Gasteiger partial charge in [0.05, 0.1) is 72.3 Å². The summed E-state index contributed by atoms with van der Waals surface area (Å²) in [6.07, 6.45) is 20.4. The third-order valence-corrected chi connectivity index (χ3v) is 25.3. The summed E-state index contributed by atoms with van der Waals surface area (Å²) in [4.78, 5) is 142. The molecule has 0 bridgehead atoms. The van der Waals surface area contributed by atoms with Crippen LogP contribution in [0, 0.1) is 21.7 Å². The number of para-hydroxylation sites is 3. The molecule has 8 fully saturated rings. The number of carbonyl (C=O) groups is 11. The number of allylic oxidation sites excluding steroid dienone is 12. The first-order valence-corrected chi connectivity index (χ1v) is 44.9. The highest BCUT2D eigenvalue weighted by Gasteiger charge is 2.63. The van der Waals surface area contributed by atoms with E-state index in [0.717, 1.165) is 85.0 Å². The molecule has 4 aliphatic heterocycles. The van der Waals surface area contributed by atoms with Crippen molar-refractivity contribution in [3.05, 3.63) is 232 Å². The van der Waals surface area contributed by atoms with E-state index >= 15 is 0 Å². The van der Waals surface area contributed by atoms with Gasteiger partial charge in [0.1, 0.15) is 60.1 Å². The first-order chi connectivity index (χ1) is 60.8. The van der Waals surface area contributed by atoms with Crippen molar-refractivity contribution in [3.8, 4) is 0 Å². The summed E-state index contributed by atoms with van der Waals surface area (Å²) in [5.74, 6) is -3.30. The van der Waals surface area contributed by atoms with E-state index in [1.807, 2.05) is 138 Å². The first kappa shape index (κ1) is 101. The monoisotopic (exact) mass is 1760 g/mol. The van der Waals surface area contributed by atoms with Crippen LogP contribution in [-0.2, 0) is 85.8 Å². The zero-order chi connectivity index (χ0) is 93.4. The predicted octanol–water partition coefficient (Wildman–Crippen LogP) is 19.2. The lowest BCUT2D eigenvalue weighted by Crippen LogP contribution is -2.58. The van der Waals surface area contributed by atoms with Gasteiger partial charge in [-0.15, -0.1) is 0 Å². The van der Waals surface area contributed by atoms with Crippen LogP contribution in [0.25, 0.3) is 0 Å². The number of amides is 1. The van der Waals surface area contributed by atoms with Gasteiger partial charge in [-0.25, -0.2) is 0 Å². The molecule has 1 amide bonds. The van der Waals surface area contributed by atoms with Crippen LogP contribution in [-0.4, -0.2) is 150 Å². The number of rotatable bonds is 27. The van der Waals surface area contributed by atoms with Gasteiger partial charge >= 0.3 is 41.8 Å². The third kappa shape index (κ3) is 27.0. The van der Waals surface area contributed by atoms with Crippen molar-refractivity contribution in [1.82, 2.24) is 0 Å². The Kier molecular flexibility index (Phi) is 36.3. The minimum absolute atomic E-state index is 0.0179. The first-order valence-electron chi connectivity index (χ1n) is 44.9. The number of aliphatic hydroxyl groups excluding tert-OH is 1. The van der Waals surface area contributed by atoms with Crippen LogP contribution in [0.4, 0.5) is 17.1 Å². The number of esters is 7. The van der Waals surface area contributed by atoms with E-state index in [9.17, 15) is 57.8 Å². The molecule has 0 radical (unpaired) electrons. The lowest BCUT2D eigenvalue weighted by Gasteiger charge is -2.45. The largest absolute Gasteiger partial charge is 0.460 e. The SMILES string of the molecule is C=C1C[C@@H](OC)[C@@H](O)CC12CC(=O)O[C@@H]2/C=C(\C)CCC=C(C)C.CC(=O)O[C@H]1CC2(CC(=O)O[C@@H]2/C=C(\C)CCC=C(C)C)C(=O)C[C@@H]1Nc1ccccc1.CC(=O)O[C@H]1CC2(CC(=O)O[C@@H]2/C=C(\C)CCC=C(C)C)C(=O)C[C@H]1N(C(=O)c1ccccc1)c1ccccc1.CC(=O)O[C@H]1CC2(CC(=O)O[C@@H]2/C=C(\C)CCC=C(C)C)C(=O)C[C@H]1Nc1ccccc1. The topological polar surface area (TPSA) is 309 Å². The second-order valence-electron chi connectivity index (χ2n) is 36.8. The molecular formula is C105H133N3O20. The average Bonchev–Trinajstić information content (AvgIpc) is 1.51.